The highest BCUT2D eigenvalue weighted by atomic mass is 16.5. The van der Waals surface area contributed by atoms with Gasteiger partial charge in [-0.3, -0.25) is 14.4 Å². The normalized spacial score (nSPS) is 14.8. The van der Waals surface area contributed by atoms with E-state index in [0.29, 0.717) is 5.56 Å². The van der Waals surface area contributed by atoms with Gasteiger partial charge in [-0.2, -0.15) is 0 Å². The standard InChI is InChI=1S/C22H23NO4/c1-3-14(2)21(15-7-5-4-6-8-15)22(26)27-13-19(24)16-9-10-18-17(11-16)12-20(25)23-18/h4-11,14,21H,3,12-13H2,1-2H3,(H,23,25)/t14-,21-/m1/s1. The Morgan fingerprint density at radius 2 is 1.89 bits per heavy atom. The van der Waals surface area contributed by atoms with Crippen LogP contribution in [0.4, 0.5) is 5.69 Å². The number of Topliss-reactive ketones (excluding diaryl/α,β-unsaturated/α-hetero) is 1. The molecule has 27 heavy (non-hydrogen) atoms. The van der Waals surface area contributed by atoms with Crippen molar-refractivity contribution < 1.29 is 19.1 Å². The lowest BCUT2D eigenvalue weighted by Crippen LogP contribution is -2.24. The molecule has 1 N–H and O–H groups in total. The molecule has 1 aliphatic rings. The first-order valence-corrected chi connectivity index (χ1v) is 9.17. The maximum atomic E-state index is 12.7. The SMILES string of the molecule is CC[C@@H](C)[C@@H](C(=O)OCC(=O)c1ccc2c(c1)CC(=O)N2)c1ccccc1. The highest BCUT2D eigenvalue weighted by Crippen LogP contribution is 2.28. The van der Waals surface area contributed by atoms with Crippen LogP contribution in [0.15, 0.2) is 48.5 Å². The third-order valence-electron chi connectivity index (χ3n) is 5.02. The molecule has 140 valence electrons. The van der Waals surface area contributed by atoms with Crippen LogP contribution >= 0.6 is 0 Å². The smallest absolute Gasteiger partial charge is 0.314 e. The van der Waals surface area contributed by atoms with Crippen LogP contribution in [-0.4, -0.2) is 24.3 Å². The maximum absolute atomic E-state index is 12.7. The van der Waals surface area contributed by atoms with Gasteiger partial charge in [-0.05, 0) is 35.2 Å². The molecule has 0 bridgehead atoms. The van der Waals surface area contributed by atoms with Crippen molar-refractivity contribution in [3.05, 3.63) is 65.2 Å². The van der Waals surface area contributed by atoms with Crippen molar-refractivity contribution in [1.29, 1.82) is 0 Å². The first-order valence-electron chi connectivity index (χ1n) is 9.17. The van der Waals surface area contributed by atoms with Crippen molar-refractivity contribution in [3.63, 3.8) is 0 Å². The quantitative estimate of drug-likeness (QED) is 0.599. The maximum Gasteiger partial charge on any atom is 0.314 e. The minimum Gasteiger partial charge on any atom is -0.457 e. The van der Waals surface area contributed by atoms with Gasteiger partial charge in [0, 0.05) is 11.3 Å². The molecule has 1 aliphatic heterocycles. The number of hydrogen-bond acceptors (Lipinski definition) is 4. The van der Waals surface area contributed by atoms with E-state index in [1.807, 2.05) is 44.2 Å². The van der Waals surface area contributed by atoms with Gasteiger partial charge in [-0.15, -0.1) is 0 Å². The Bertz CT molecular complexity index is 860. The van der Waals surface area contributed by atoms with E-state index in [-0.39, 0.29) is 36.6 Å². The van der Waals surface area contributed by atoms with Crippen LogP contribution in [0.2, 0.25) is 0 Å². The van der Waals surface area contributed by atoms with Crippen molar-refractivity contribution in [2.45, 2.75) is 32.6 Å². The van der Waals surface area contributed by atoms with Crippen molar-refractivity contribution in [2.24, 2.45) is 5.92 Å². The second-order valence-corrected chi connectivity index (χ2v) is 6.90. The Labute approximate surface area is 158 Å². The van der Waals surface area contributed by atoms with Crippen LogP contribution in [0.1, 0.15) is 47.7 Å². The summed E-state index contributed by atoms with van der Waals surface area (Å²) < 4.78 is 5.37. The molecule has 1 heterocycles. The average molecular weight is 365 g/mol. The van der Waals surface area contributed by atoms with E-state index in [1.165, 1.54) is 0 Å². The largest absolute Gasteiger partial charge is 0.457 e. The molecule has 3 rings (SSSR count). The van der Waals surface area contributed by atoms with E-state index in [4.69, 9.17) is 4.74 Å². The number of rotatable bonds is 7. The Kier molecular flexibility index (Phi) is 5.69. The number of carbonyl (C=O) groups is 3. The van der Waals surface area contributed by atoms with Crippen LogP contribution in [0.25, 0.3) is 0 Å². The number of hydrogen-bond donors (Lipinski definition) is 1. The second kappa shape index (κ2) is 8.16. The summed E-state index contributed by atoms with van der Waals surface area (Å²) in [6, 6.07) is 14.5. The highest BCUT2D eigenvalue weighted by Gasteiger charge is 2.28. The topological polar surface area (TPSA) is 72.5 Å². The molecule has 0 aromatic heterocycles. The summed E-state index contributed by atoms with van der Waals surface area (Å²) in [6.45, 7) is 3.73. The number of amides is 1. The molecule has 5 heteroatoms. The van der Waals surface area contributed by atoms with Crippen molar-refractivity contribution in [3.8, 4) is 0 Å². The molecule has 0 radical (unpaired) electrons. The van der Waals surface area contributed by atoms with Crippen LogP contribution in [-0.2, 0) is 20.7 Å². The van der Waals surface area contributed by atoms with Gasteiger partial charge in [-0.1, -0.05) is 50.6 Å². The summed E-state index contributed by atoms with van der Waals surface area (Å²) in [5.41, 5.74) is 2.86. The van der Waals surface area contributed by atoms with Crippen LogP contribution < -0.4 is 5.32 Å². The Morgan fingerprint density at radius 1 is 1.15 bits per heavy atom. The van der Waals surface area contributed by atoms with E-state index in [0.717, 1.165) is 23.2 Å². The number of nitrogens with one attached hydrogen (secondary N) is 1. The number of benzene rings is 2. The minimum atomic E-state index is -0.397. The number of anilines is 1. The number of ether oxygens (including phenoxy) is 1. The van der Waals surface area contributed by atoms with Crippen molar-refractivity contribution in [1.82, 2.24) is 0 Å². The predicted octanol–water partition coefficient (Wildman–Crippen LogP) is 3.74. The summed E-state index contributed by atoms with van der Waals surface area (Å²) in [5, 5.41) is 2.73. The van der Waals surface area contributed by atoms with Crippen LogP contribution in [0.3, 0.4) is 0 Å². The van der Waals surface area contributed by atoms with Gasteiger partial charge < -0.3 is 10.1 Å². The Balaban J connectivity index is 1.68. The van der Waals surface area contributed by atoms with Crippen molar-refractivity contribution in [2.75, 3.05) is 11.9 Å². The fourth-order valence-electron chi connectivity index (χ4n) is 3.31. The summed E-state index contributed by atoms with van der Waals surface area (Å²) in [4.78, 5) is 36.6. The zero-order chi connectivity index (χ0) is 19.4. The summed E-state index contributed by atoms with van der Waals surface area (Å²) in [6.07, 6.45) is 1.09. The van der Waals surface area contributed by atoms with Gasteiger partial charge in [0.1, 0.15) is 0 Å². The monoisotopic (exact) mass is 365 g/mol. The third-order valence-corrected chi connectivity index (χ3v) is 5.02. The molecular formula is C22H23NO4. The van der Waals surface area contributed by atoms with Gasteiger partial charge in [-0.25, -0.2) is 0 Å². The lowest BCUT2D eigenvalue weighted by atomic mass is 9.85. The van der Waals surface area contributed by atoms with Crippen LogP contribution in [0, 0.1) is 5.92 Å². The molecule has 0 saturated heterocycles. The Hall–Kier alpha value is -2.95. The number of fused-ring (bicyclic) bond motifs is 1. The van der Waals surface area contributed by atoms with E-state index in [1.54, 1.807) is 18.2 Å². The van der Waals surface area contributed by atoms with Crippen LogP contribution in [0.5, 0.6) is 0 Å². The second-order valence-electron chi connectivity index (χ2n) is 6.90. The first-order chi connectivity index (χ1) is 13.0. The number of ketones is 1. The predicted molar refractivity (Wildman–Crippen MR) is 103 cm³/mol. The fourth-order valence-corrected chi connectivity index (χ4v) is 3.31. The van der Waals surface area contributed by atoms with Gasteiger partial charge in [0.05, 0.1) is 12.3 Å². The minimum absolute atomic E-state index is 0.0831. The summed E-state index contributed by atoms with van der Waals surface area (Å²) in [5.74, 6) is -1.04. The van der Waals surface area contributed by atoms with E-state index in [9.17, 15) is 14.4 Å². The highest BCUT2D eigenvalue weighted by molar-refractivity contribution is 6.03. The summed E-state index contributed by atoms with van der Waals surface area (Å²) >= 11 is 0. The molecule has 2 aromatic rings. The molecule has 0 spiro atoms. The molecule has 1 amide bonds. The van der Waals surface area contributed by atoms with Gasteiger partial charge in [0.25, 0.3) is 0 Å². The fraction of sp³-hybridized carbons (Fsp3) is 0.318. The molecule has 2 atom stereocenters. The molecule has 0 aliphatic carbocycles. The van der Waals surface area contributed by atoms with E-state index < -0.39 is 5.92 Å². The zero-order valence-electron chi connectivity index (χ0n) is 15.5. The summed E-state index contributed by atoms with van der Waals surface area (Å²) in [7, 11) is 0. The average Bonchev–Trinajstić information content (AvgIpc) is 3.06. The first kappa shape index (κ1) is 18.8. The van der Waals surface area contributed by atoms with Gasteiger partial charge >= 0.3 is 5.97 Å². The van der Waals surface area contributed by atoms with Gasteiger partial charge in [0.2, 0.25) is 5.91 Å². The molecule has 5 nitrogen and oxygen atoms in total. The lowest BCUT2D eigenvalue weighted by molar-refractivity contribution is -0.145. The molecular weight excluding hydrogens is 342 g/mol. The Morgan fingerprint density at radius 3 is 2.59 bits per heavy atom. The van der Waals surface area contributed by atoms with Crippen molar-refractivity contribution >= 4 is 23.3 Å². The number of esters is 1. The zero-order valence-corrected chi connectivity index (χ0v) is 15.5. The van der Waals surface area contributed by atoms with Gasteiger partial charge in [0.15, 0.2) is 12.4 Å². The van der Waals surface area contributed by atoms with E-state index >= 15 is 0 Å². The van der Waals surface area contributed by atoms with E-state index in [2.05, 4.69) is 5.32 Å². The molecule has 0 unspecified atom stereocenters. The molecule has 0 saturated carbocycles. The molecule has 2 aromatic carbocycles. The number of carbonyl (C=O) groups excluding carboxylic acids is 3. The third kappa shape index (κ3) is 4.25. The molecule has 0 fully saturated rings. The lowest BCUT2D eigenvalue weighted by Gasteiger charge is -2.21.